The third-order valence-corrected chi connectivity index (χ3v) is 3.38. The number of halogens is 3. The van der Waals surface area contributed by atoms with Crippen LogP contribution >= 0.6 is 34.8 Å². The van der Waals surface area contributed by atoms with Crippen molar-refractivity contribution >= 4 is 46.3 Å². The molecule has 0 N–H and O–H groups in total. The molecule has 1 fully saturated rings. The van der Waals surface area contributed by atoms with E-state index in [4.69, 9.17) is 34.8 Å². The van der Waals surface area contributed by atoms with Gasteiger partial charge in [-0.05, 0) is 19.2 Å². The molecule has 1 aromatic carbocycles. The summed E-state index contributed by atoms with van der Waals surface area (Å²) in [4.78, 5) is 8.46. The first-order valence-electron chi connectivity index (χ1n) is 5.37. The smallest absolute Gasteiger partial charge is 0.161 e. The number of anilines is 1. The first kappa shape index (κ1) is 13.7. The summed E-state index contributed by atoms with van der Waals surface area (Å²) in [5.74, 6) is 0.826. The van der Waals surface area contributed by atoms with Gasteiger partial charge in [0.15, 0.2) is 5.16 Å². The average molecular weight is 305 g/mol. The van der Waals surface area contributed by atoms with Gasteiger partial charge in [0.2, 0.25) is 0 Å². The van der Waals surface area contributed by atoms with Crippen LogP contribution in [0.4, 0.5) is 5.69 Å². The molecule has 0 amide bonds. The summed E-state index contributed by atoms with van der Waals surface area (Å²) in [6.07, 6.45) is 0. The van der Waals surface area contributed by atoms with Gasteiger partial charge in [0.25, 0.3) is 0 Å². The molecule has 3 nitrogen and oxygen atoms in total. The molecule has 0 aliphatic carbocycles. The second-order valence-corrected chi connectivity index (χ2v) is 5.31. The van der Waals surface area contributed by atoms with Gasteiger partial charge in [0.1, 0.15) is 10.3 Å². The maximum absolute atomic E-state index is 5.88. The number of rotatable bonds is 2. The largest absolute Gasteiger partial charge is 0.315 e. The van der Waals surface area contributed by atoms with Gasteiger partial charge < -0.3 is 4.90 Å². The Kier molecular flexibility index (Phi) is 4.51. The molecule has 1 aliphatic heterocycles. The Hall–Kier alpha value is -0.740. The van der Waals surface area contributed by atoms with Crippen molar-refractivity contribution in [2.45, 2.75) is 0 Å². The van der Waals surface area contributed by atoms with Crippen LogP contribution in [0.2, 0.25) is 0 Å². The van der Waals surface area contributed by atoms with Crippen LogP contribution in [0, 0.1) is 0 Å². The summed E-state index contributed by atoms with van der Waals surface area (Å²) >= 11 is 17.1. The fourth-order valence-electron chi connectivity index (χ4n) is 1.79. The number of aliphatic imine (C=N–C) groups is 1. The molecule has 1 aromatic rings. The number of hydrogen-bond donors (Lipinski definition) is 0. The van der Waals surface area contributed by atoms with Crippen molar-refractivity contribution in [1.29, 1.82) is 0 Å². The van der Waals surface area contributed by atoms with Crippen molar-refractivity contribution in [3.8, 4) is 0 Å². The molecule has 0 atom stereocenters. The minimum absolute atomic E-state index is 0.0215. The van der Waals surface area contributed by atoms with E-state index in [1.807, 2.05) is 37.4 Å². The fourth-order valence-corrected chi connectivity index (χ4v) is 1.97. The lowest BCUT2D eigenvalue weighted by Gasteiger charge is -2.18. The van der Waals surface area contributed by atoms with E-state index < -0.39 is 0 Å². The van der Waals surface area contributed by atoms with Crippen molar-refractivity contribution in [1.82, 2.24) is 4.90 Å². The molecule has 96 valence electrons. The number of hydrogen-bond acceptors (Lipinski definition) is 2. The lowest BCUT2D eigenvalue weighted by Crippen LogP contribution is -2.26. The van der Waals surface area contributed by atoms with E-state index in [2.05, 4.69) is 14.8 Å². The van der Waals surface area contributed by atoms with E-state index in [-0.39, 0.29) is 9.65 Å². The number of para-hydroxylation sites is 1. The van der Waals surface area contributed by atoms with E-state index in [0.29, 0.717) is 6.54 Å². The van der Waals surface area contributed by atoms with E-state index >= 15 is 0 Å². The number of amidine groups is 1. The summed E-state index contributed by atoms with van der Waals surface area (Å²) in [5.41, 5.74) is 1.07. The lowest BCUT2D eigenvalue weighted by atomic mass is 10.3. The van der Waals surface area contributed by atoms with Gasteiger partial charge in [-0.1, -0.05) is 53.0 Å². The maximum Gasteiger partial charge on any atom is 0.161 e. The van der Waals surface area contributed by atoms with Crippen molar-refractivity contribution in [2.75, 3.05) is 25.2 Å². The van der Waals surface area contributed by atoms with Crippen molar-refractivity contribution < 1.29 is 0 Å². The van der Waals surface area contributed by atoms with Gasteiger partial charge in [-0.15, -0.1) is 0 Å². The molecule has 0 spiro atoms. The molecule has 1 saturated heterocycles. The Morgan fingerprint density at radius 3 is 2.44 bits per heavy atom. The molecule has 6 heteroatoms. The monoisotopic (exact) mass is 303 g/mol. The van der Waals surface area contributed by atoms with Crippen LogP contribution < -0.4 is 4.90 Å². The maximum atomic E-state index is 5.88. The van der Waals surface area contributed by atoms with E-state index in [1.165, 1.54) is 0 Å². The molecule has 0 unspecified atom stereocenters. The highest BCUT2D eigenvalue weighted by molar-refractivity contribution is 6.59. The van der Waals surface area contributed by atoms with Crippen LogP contribution in [-0.2, 0) is 0 Å². The zero-order valence-electron chi connectivity index (χ0n) is 9.78. The normalized spacial score (nSPS) is 18.4. The van der Waals surface area contributed by atoms with Crippen LogP contribution in [0.15, 0.2) is 45.0 Å². The molecular weight excluding hydrogens is 293 g/mol. The van der Waals surface area contributed by atoms with Gasteiger partial charge in [0.05, 0.1) is 13.2 Å². The topological polar surface area (TPSA) is 18.8 Å². The summed E-state index contributed by atoms with van der Waals surface area (Å²) < 4.78 is -0.0215. The van der Waals surface area contributed by atoms with Crippen LogP contribution in [-0.4, -0.2) is 31.0 Å². The van der Waals surface area contributed by atoms with E-state index in [0.717, 1.165) is 18.2 Å². The highest BCUT2D eigenvalue weighted by atomic mass is 35.5. The molecule has 0 aromatic heterocycles. The highest BCUT2D eigenvalue weighted by Crippen LogP contribution is 2.23. The summed E-state index contributed by atoms with van der Waals surface area (Å²) in [5, 5.41) is 0.115. The standard InChI is InChI=1S/C12H12Cl3N3/c1-17-7-10(16-12(15)11(13)14)18(8-17)9-5-3-2-4-6-9/h2-6H,7-8H2,1H3/b16-10+. The van der Waals surface area contributed by atoms with Gasteiger partial charge >= 0.3 is 0 Å². The summed E-state index contributed by atoms with van der Waals surface area (Å²) in [6, 6.07) is 9.99. The number of nitrogens with zero attached hydrogens (tertiary/aromatic N) is 3. The van der Waals surface area contributed by atoms with Crippen molar-refractivity contribution in [2.24, 2.45) is 4.99 Å². The number of likely N-dealkylation sites (N-methyl/N-ethyl adjacent to an activating group) is 1. The lowest BCUT2D eigenvalue weighted by molar-refractivity contribution is 0.428. The predicted molar refractivity (Wildman–Crippen MR) is 78.4 cm³/mol. The molecule has 1 heterocycles. The third-order valence-electron chi connectivity index (χ3n) is 2.56. The Morgan fingerprint density at radius 1 is 1.17 bits per heavy atom. The van der Waals surface area contributed by atoms with Crippen LogP contribution in [0.3, 0.4) is 0 Å². The molecule has 0 radical (unpaired) electrons. The van der Waals surface area contributed by atoms with Gasteiger partial charge in [-0.2, -0.15) is 0 Å². The second-order valence-electron chi connectivity index (χ2n) is 4.00. The Bertz CT molecular complexity index is 481. The predicted octanol–water partition coefficient (Wildman–Crippen LogP) is 3.64. The Labute approximate surface area is 121 Å². The third kappa shape index (κ3) is 3.18. The molecular formula is C12H12Cl3N3. The fraction of sp³-hybridized carbons (Fsp3) is 0.250. The van der Waals surface area contributed by atoms with Gasteiger partial charge in [-0.3, -0.25) is 4.90 Å². The summed E-state index contributed by atoms with van der Waals surface area (Å²) in [6.45, 7) is 1.46. The van der Waals surface area contributed by atoms with Crippen LogP contribution in [0.5, 0.6) is 0 Å². The minimum atomic E-state index is -0.0215. The summed E-state index contributed by atoms with van der Waals surface area (Å²) in [7, 11) is 2.01. The van der Waals surface area contributed by atoms with Gasteiger partial charge in [-0.25, -0.2) is 4.99 Å². The van der Waals surface area contributed by atoms with E-state index in [1.54, 1.807) is 0 Å². The minimum Gasteiger partial charge on any atom is -0.315 e. The van der Waals surface area contributed by atoms with E-state index in [9.17, 15) is 0 Å². The Morgan fingerprint density at radius 2 is 1.83 bits per heavy atom. The van der Waals surface area contributed by atoms with Crippen LogP contribution in [0.1, 0.15) is 0 Å². The molecule has 1 aliphatic rings. The SMILES string of the molecule is CN1C/C(=N\C(Cl)=C(Cl)Cl)N(c2ccccc2)C1. The van der Waals surface area contributed by atoms with Crippen molar-refractivity contribution in [3.05, 3.63) is 40.0 Å². The second kappa shape index (κ2) is 5.93. The molecule has 18 heavy (non-hydrogen) atoms. The van der Waals surface area contributed by atoms with Crippen LogP contribution in [0.25, 0.3) is 0 Å². The Balaban J connectivity index is 2.32. The molecule has 0 saturated carbocycles. The average Bonchev–Trinajstić information content (AvgIpc) is 2.71. The first-order valence-corrected chi connectivity index (χ1v) is 6.51. The first-order chi connectivity index (χ1) is 8.58. The van der Waals surface area contributed by atoms with Gasteiger partial charge in [0, 0.05) is 5.69 Å². The zero-order chi connectivity index (χ0) is 13.1. The quantitative estimate of drug-likeness (QED) is 0.777. The molecule has 0 bridgehead atoms. The van der Waals surface area contributed by atoms with Crippen molar-refractivity contribution in [3.63, 3.8) is 0 Å². The molecule has 2 rings (SSSR count). The zero-order valence-corrected chi connectivity index (χ0v) is 12.0. The number of benzene rings is 1. The highest BCUT2D eigenvalue weighted by Gasteiger charge is 2.24.